The van der Waals surface area contributed by atoms with Crippen LogP contribution in [0.3, 0.4) is 0 Å². The largest absolute Gasteiger partial charge is 0.457 e. The van der Waals surface area contributed by atoms with E-state index in [0.717, 1.165) is 42.1 Å². The van der Waals surface area contributed by atoms with E-state index in [9.17, 15) is 4.79 Å². The van der Waals surface area contributed by atoms with E-state index >= 15 is 0 Å². The fourth-order valence-electron chi connectivity index (χ4n) is 3.44. The number of hydrogen-bond acceptors (Lipinski definition) is 5. The summed E-state index contributed by atoms with van der Waals surface area (Å²) in [6.45, 7) is 2.23. The zero-order valence-corrected chi connectivity index (χ0v) is 17.9. The fourth-order valence-corrected chi connectivity index (χ4v) is 3.85. The van der Waals surface area contributed by atoms with Crippen LogP contribution in [-0.2, 0) is 6.54 Å². The second-order valence-corrected chi connectivity index (χ2v) is 8.17. The van der Waals surface area contributed by atoms with Crippen molar-refractivity contribution in [3.8, 4) is 11.5 Å². The lowest BCUT2D eigenvalue weighted by Gasteiger charge is -2.21. The van der Waals surface area contributed by atoms with Crippen LogP contribution < -0.4 is 10.1 Å². The monoisotopic (exact) mass is 399 g/mol. The highest BCUT2D eigenvalue weighted by Crippen LogP contribution is 2.29. The van der Waals surface area contributed by atoms with Gasteiger partial charge in [-0.3, -0.25) is 4.79 Å². The van der Waals surface area contributed by atoms with Crippen LogP contribution in [-0.4, -0.2) is 62.2 Å². The molecule has 2 aromatic carbocycles. The maximum atomic E-state index is 13.0. The molecular formula is C22H29N3O2S. The number of ether oxygens (including phenoxy) is 1. The molecule has 0 unspecified atom stereocenters. The first-order valence-corrected chi connectivity index (χ1v) is 10.8. The van der Waals surface area contributed by atoms with Gasteiger partial charge in [-0.25, -0.2) is 0 Å². The van der Waals surface area contributed by atoms with Gasteiger partial charge in [-0.15, -0.1) is 11.8 Å². The molecule has 1 fully saturated rings. The second kappa shape index (κ2) is 9.45. The van der Waals surface area contributed by atoms with Gasteiger partial charge in [0.25, 0.3) is 5.91 Å². The number of carbonyl (C=O) groups is 1. The summed E-state index contributed by atoms with van der Waals surface area (Å²) in [6.07, 6.45) is 3.08. The molecule has 0 bridgehead atoms. The zero-order chi connectivity index (χ0) is 20.1. The van der Waals surface area contributed by atoms with Gasteiger partial charge in [-0.2, -0.15) is 0 Å². The van der Waals surface area contributed by atoms with E-state index < -0.39 is 0 Å². The smallest absolute Gasteiger partial charge is 0.253 e. The molecule has 2 aromatic rings. The quantitative estimate of drug-likeness (QED) is 0.720. The van der Waals surface area contributed by atoms with Crippen LogP contribution in [0, 0.1) is 0 Å². The zero-order valence-electron chi connectivity index (χ0n) is 17.1. The van der Waals surface area contributed by atoms with Crippen molar-refractivity contribution in [3.05, 3.63) is 53.6 Å². The molecule has 1 saturated heterocycles. The SMILES string of the molecule is CNCc1cc(C(=O)N2CC[C@H](N(C)C)C2)ccc1Oc1ccc(SC)cc1. The van der Waals surface area contributed by atoms with Crippen molar-refractivity contribution >= 4 is 17.7 Å². The average molecular weight is 400 g/mol. The van der Waals surface area contributed by atoms with Crippen molar-refractivity contribution in [2.45, 2.75) is 23.9 Å². The van der Waals surface area contributed by atoms with Crippen molar-refractivity contribution in [2.24, 2.45) is 0 Å². The van der Waals surface area contributed by atoms with Gasteiger partial charge in [0, 0.05) is 41.7 Å². The van der Waals surface area contributed by atoms with Gasteiger partial charge >= 0.3 is 0 Å². The summed E-state index contributed by atoms with van der Waals surface area (Å²) >= 11 is 1.70. The van der Waals surface area contributed by atoms with E-state index in [4.69, 9.17) is 4.74 Å². The molecule has 1 amide bonds. The van der Waals surface area contributed by atoms with Crippen molar-refractivity contribution in [2.75, 3.05) is 40.5 Å². The molecule has 0 saturated carbocycles. The van der Waals surface area contributed by atoms with Crippen LogP contribution in [0.15, 0.2) is 47.4 Å². The molecule has 1 aliphatic rings. The van der Waals surface area contributed by atoms with Crippen molar-refractivity contribution in [3.63, 3.8) is 0 Å². The van der Waals surface area contributed by atoms with Crippen molar-refractivity contribution in [1.82, 2.24) is 15.1 Å². The molecular weight excluding hydrogens is 370 g/mol. The Morgan fingerprint density at radius 2 is 2.00 bits per heavy atom. The van der Waals surface area contributed by atoms with E-state index in [-0.39, 0.29) is 5.91 Å². The van der Waals surface area contributed by atoms with Gasteiger partial charge in [0.1, 0.15) is 11.5 Å². The minimum absolute atomic E-state index is 0.0950. The van der Waals surface area contributed by atoms with E-state index in [0.29, 0.717) is 12.6 Å². The van der Waals surface area contributed by atoms with E-state index in [2.05, 4.69) is 30.6 Å². The third kappa shape index (κ3) is 4.87. The topological polar surface area (TPSA) is 44.8 Å². The Morgan fingerprint density at radius 3 is 2.61 bits per heavy atom. The first kappa shape index (κ1) is 20.7. The lowest BCUT2D eigenvalue weighted by molar-refractivity contribution is 0.0783. The third-order valence-electron chi connectivity index (χ3n) is 5.14. The van der Waals surface area contributed by atoms with Crippen LogP contribution in [0.5, 0.6) is 11.5 Å². The van der Waals surface area contributed by atoms with Gasteiger partial charge in [-0.05, 0) is 76.3 Å². The Morgan fingerprint density at radius 1 is 1.25 bits per heavy atom. The average Bonchev–Trinajstić information content (AvgIpc) is 3.20. The maximum Gasteiger partial charge on any atom is 0.253 e. The maximum absolute atomic E-state index is 13.0. The fraction of sp³-hybridized carbons (Fsp3) is 0.409. The minimum atomic E-state index is 0.0950. The Hall–Kier alpha value is -2.02. The summed E-state index contributed by atoms with van der Waals surface area (Å²) in [4.78, 5) is 18.3. The lowest BCUT2D eigenvalue weighted by Crippen LogP contribution is -2.34. The summed E-state index contributed by atoms with van der Waals surface area (Å²) in [5.74, 6) is 1.66. The van der Waals surface area contributed by atoms with E-state index in [1.165, 1.54) is 4.90 Å². The van der Waals surface area contributed by atoms with Crippen LogP contribution >= 0.6 is 11.8 Å². The summed E-state index contributed by atoms with van der Waals surface area (Å²) in [5, 5.41) is 3.17. The van der Waals surface area contributed by atoms with Crippen LogP contribution in [0.1, 0.15) is 22.3 Å². The molecule has 3 rings (SSSR count). The molecule has 28 heavy (non-hydrogen) atoms. The van der Waals surface area contributed by atoms with Crippen LogP contribution in [0.4, 0.5) is 0 Å². The molecule has 0 aromatic heterocycles. The van der Waals surface area contributed by atoms with Gasteiger partial charge in [-0.1, -0.05) is 0 Å². The number of likely N-dealkylation sites (N-methyl/N-ethyl adjacent to an activating group) is 1. The number of thioether (sulfide) groups is 1. The molecule has 0 aliphatic carbocycles. The van der Waals surface area contributed by atoms with Gasteiger partial charge in [0.05, 0.1) is 0 Å². The Kier molecular flexibility index (Phi) is 6.99. The molecule has 1 atom stereocenters. The lowest BCUT2D eigenvalue weighted by atomic mass is 10.1. The Labute approximate surface area is 172 Å². The highest BCUT2D eigenvalue weighted by atomic mass is 32.2. The van der Waals surface area contributed by atoms with Gasteiger partial charge < -0.3 is 19.9 Å². The molecule has 1 heterocycles. The normalized spacial score (nSPS) is 16.6. The number of nitrogens with one attached hydrogen (secondary N) is 1. The molecule has 0 radical (unpaired) electrons. The Balaban J connectivity index is 1.77. The molecule has 1 N–H and O–H groups in total. The molecule has 5 nitrogen and oxygen atoms in total. The van der Waals surface area contributed by atoms with E-state index in [1.807, 2.05) is 54.4 Å². The predicted octanol–water partition coefficient (Wildman–Crippen LogP) is 3.70. The number of likely N-dealkylation sites (tertiary alicyclic amines) is 1. The number of hydrogen-bond donors (Lipinski definition) is 1. The van der Waals surface area contributed by atoms with Gasteiger partial charge in [0.15, 0.2) is 0 Å². The number of benzene rings is 2. The predicted molar refractivity (Wildman–Crippen MR) is 115 cm³/mol. The molecule has 0 spiro atoms. The first-order chi connectivity index (χ1) is 13.5. The summed E-state index contributed by atoms with van der Waals surface area (Å²) < 4.78 is 6.09. The summed E-state index contributed by atoms with van der Waals surface area (Å²) in [7, 11) is 6.04. The number of amides is 1. The molecule has 1 aliphatic heterocycles. The minimum Gasteiger partial charge on any atom is -0.457 e. The first-order valence-electron chi connectivity index (χ1n) is 9.57. The number of nitrogens with zero attached hydrogens (tertiary/aromatic N) is 2. The van der Waals surface area contributed by atoms with Crippen molar-refractivity contribution < 1.29 is 9.53 Å². The molecule has 6 heteroatoms. The van der Waals surface area contributed by atoms with Crippen LogP contribution in [0.2, 0.25) is 0 Å². The Bertz CT molecular complexity index is 808. The van der Waals surface area contributed by atoms with Crippen molar-refractivity contribution in [1.29, 1.82) is 0 Å². The summed E-state index contributed by atoms with van der Waals surface area (Å²) in [6, 6.07) is 14.2. The standard InChI is InChI=1S/C22H29N3O2S/c1-23-14-17-13-16(22(26)25-12-11-18(15-25)24(2)3)5-10-21(17)27-19-6-8-20(28-4)9-7-19/h5-10,13,18,23H,11-12,14-15H2,1-4H3/t18-/m0/s1. The van der Waals surface area contributed by atoms with E-state index in [1.54, 1.807) is 11.8 Å². The number of rotatable bonds is 7. The van der Waals surface area contributed by atoms with Gasteiger partial charge in [0.2, 0.25) is 0 Å². The number of carbonyl (C=O) groups excluding carboxylic acids is 1. The summed E-state index contributed by atoms with van der Waals surface area (Å²) in [5.41, 5.74) is 1.69. The van der Waals surface area contributed by atoms with Crippen LogP contribution in [0.25, 0.3) is 0 Å². The molecule has 150 valence electrons. The highest BCUT2D eigenvalue weighted by Gasteiger charge is 2.28. The third-order valence-corrected chi connectivity index (χ3v) is 5.89. The second-order valence-electron chi connectivity index (χ2n) is 7.29. The highest BCUT2D eigenvalue weighted by molar-refractivity contribution is 7.98.